The maximum atomic E-state index is 12.7. The number of aliphatic hydroxyl groups excluding tert-OH is 2. The number of hydrogen-bond acceptors (Lipinski definition) is 5. The minimum Gasteiger partial charge on any atom is -0.509 e. The Kier molecular flexibility index (Phi) is 7.54. The van der Waals surface area contributed by atoms with Gasteiger partial charge < -0.3 is 10.2 Å². The van der Waals surface area contributed by atoms with Crippen LogP contribution in [0.2, 0.25) is 0 Å². The second-order valence-corrected chi connectivity index (χ2v) is 8.02. The van der Waals surface area contributed by atoms with E-state index in [9.17, 15) is 15.0 Å². The monoisotopic (exact) mass is 432 g/mol. The number of amides is 1. The lowest BCUT2D eigenvalue weighted by molar-refractivity contribution is -0.112. The van der Waals surface area contributed by atoms with E-state index in [4.69, 9.17) is 0 Å². The highest BCUT2D eigenvalue weighted by molar-refractivity contribution is 7.16. The molecule has 3 rings (SSSR count). The maximum absolute atomic E-state index is 12.7. The van der Waals surface area contributed by atoms with Gasteiger partial charge in [-0.2, -0.15) is 0 Å². The summed E-state index contributed by atoms with van der Waals surface area (Å²) < 4.78 is 0. The van der Waals surface area contributed by atoms with Crippen molar-refractivity contribution in [2.45, 2.75) is 13.3 Å². The summed E-state index contributed by atoms with van der Waals surface area (Å²) in [7, 11) is 0. The summed E-state index contributed by atoms with van der Waals surface area (Å²) in [6.45, 7) is 5.11. The van der Waals surface area contributed by atoms with Gasteiger partial charge in [-0.3, -0.25) is 10.1 Å². The Labute approximate surface area is 185 Å². The molecule has 0 radical (unpaired) electrons. The van der Waals surface area contributed by atoms with Crippen molar-refractivity contribution in [3.05, 3.63) is 107 Å². The molecule has 5 nitrogen and oxygen atoms in total. The summed E-state index contributed by atoms with van der Waals surface area (Å²) in [5, 5.41) is 21.7. The van der Waals surface area contributed by atoms with Gasteiger partial charge in [0.15, 0.2) is 5.13 Å². The lowest BCUT2D eigenvalue weighted by Gasteiger charge is -2.03. The first kappa shape index (κ1) is 22.2. The fourth-order valence-electron chi connectivity index (χ4n) is 2.93. The molecule has 0 fully saturated rings. The molecule has 0 aliphatic carbocycles. The first-order chi connectivity index (χ1) is 15.0. The van der Waals surface area contributed by atoms with Gasteiger partial charge in [0.05, 0.1) is 12.3 Å². The average Bonchev–Trinajstić information content (AvgIpc) is 3.15. The van der Waals surface area contributed by atoms with E-state index in [1.165, 1.54) is 35.1 Å². The maximum Gasteiger partial charge on any atom is 0.257 e. The van der Waals surface area contributed by atoms with Crippen LogP contribution >= 0.6 is 11.3 Å². The summed E-state index contributed by atoms with van der Waals surface area (Å²) in [6.07, 6.45) is 4.74. The van der Waals surface area contributed by atoms with E-state index in [0.29, 0.717) is 11.6 Å². The van der Waals surface area contributed by atoms with Crippen molar-refractivity contribution in [2.75, 3.05) is 11.9 Å². The zero-order valence-corrected chi connectivity index (χ0v) is 18.0. The van der Waals surface area contributed by atoms with Gasteiger partial charge in [-0.25, -0.2) is 4.98 Å². The van der Waals surface area contributed by atoms with Crippen molar-refractivity contribution in [3.8, 4) is 11.3 Å². The van der Waals surface area contributed by atoms with Gasteiger partial charge in [0.25, 0.3) is 5.91 Å². The molecule has 0 aliphatic rings. The van der Waals surface area contributed by atoms with Crippen LogP contribution < -0.4 is 5.32 Å². The number of allylic oxidation sites excluding steroid dienone is 1. The molecule has 2 aromatic carbocycles. The third-order valence-corrected chi connectivity index (χ3v) is 5.45. The third-order valence-electron chi connectivity index (χ3n) is 4.48. The van der Waals surface area contributed by atoms with Gasteiger partial charge in [0.2, 0.25) is 0 Å². The van der Waals surface area contributed by atoms with E-state index in [1.807, 2.05) is 30.3 Å². The zero-order chi connectivity index (χ0) is 22.2. The number of carbonyl (C=O) groups is 1. The fourth-order valence-corrected chi connectivity index (χ4v) is 3.94. The van der Waals surface area contributed by atoms with Crippen LogP contribution in [0, 0.1) is 6.92 Å². The highest BCUT2D eigenvalue weighted by Crippen LogP contribution is 2.33. The molecule has 3 aromatic rings. The van der Waals surface area contributed by atoms with Gasteiger partial charge in [-0.15, -0.1) is 11.3 Å². The van der Waals surface area contributed by atoms with Gasteiger partial charge in [-0.05, 0) is 30.7 Å². The Morgan fingerprint density at radius 3 is 2.48 bits per heavy atom. The number of nitrogens with one attached hydrogen (secondary N) is 1. The minimum atomic E-state index is -0.429. The summed E-state index contributed by atoms with van der Waals surface area (Å²) in [6, 6.07) is 18.2. The summed E-state index contributed by atoms with van der Waals surface area (Å²) in [4.78, 5) is 18.4. The largest absolute Gasteiger partial charge is 0.509 e. The molecule has 158 valence electrons. The van der Waals surface area contributed by atoms with Crippen LogP contribution in [-0.2, 0) is 11.2 Å². The second-order valence-electron chi connectivity index (χ2n) is 6.94. The van der Waals surface area contributed by atoms with E-state index < -0.39 is 5.91 Å². The number of aromatic nitrogens is 1. The van der Waals surface area contributed by atoms with Gasteiger partial charge in [-0.1, -0.05) is 66.7 Å². The molecule has 1 aromatic heterocycles. The van der Waals surface area contributed by atoms with Gasteiger partial charge >= 0.3 is 0 Å². The summed E-state index contributed by atoms with van der Waals surface area (Å²) in [5.74, 6) is -0.612. The van der Waals surface area contributed by atoms with Crippen molar-refractivity contribution in [1.29, 1.82) is 0 Å². The predicted molar refractivity (Wildman–Crippen MR) is 126 cm³/mol. The minimum absolute atomic E-state index is 0.183. The molecule has 6 heteroatoms. The van der Waals surface area contributed by atoms with Crippen LogP contribution in [0.3, 0.4) is 0 Å². The molecule has 3 N–H and O–H groups in total. The molecule has 0 aliphatic heterocycles. The summed E-state index contributed by atoms with van der Waals surface area (Å²) in [5.41, 5.74) is 4.37. The van der Waals surface area contributed by atoms with Crippen molar-refractivity contribution in [1.82, 2.24) is 4.98 Å². The number of aliphatic hydroxyl groups is 2. The van der Waals surface area contributed by atoms with E-state index in [1.54, 1.807) is 0 Å². The highest BCUT2D eigenvalue weighted by atomic mass is 32.1. The fraction of sp³-hybridized carbons (Fsp3) is 0.120. The molecule has 0 bridgehead atoms. The quantitative estimate of drug-likeness (QED) is 0.260. The number of anilines is 1. The van der Waals surface area contributed by atoms with Crippen molar-refractivity contribution >= 4 is 22.4 Å². The summed E-state index contributed by atoms with van der Waals surface area (Å²) >= 11 is 1.42. The molecular formula is C25H24N2O3S. The SMILES string of the molecule is C=C(O)/C=C\C(=C/CO)C(=O)Nc1nc(-c2ccccc2)c(Cc2ccc(C)cc2)s1. The Hall–Kier alpha value is -3.48. The van der Waals surface area contributed by atoms with Gasteiger partial charge in [0.1, 0.15) is 5.76 Å². The van der Waals surface area contributed by atoms with Crippen molar-refractivity contribution < 1.29 is 15.0 Å². The van der Waals surface area contributed by atoms with Crippen LogP contribution in [0.4, 0.5) is 5.13 Å². The highest BCUT2D eigenvalue weighted by Gasteiger charge is 2.16. The van der Waals surface area contributed by atoms with Crippen LogP contribution in [0.25, 0.3) is 11.3 Å². The Balaban J connectivity index is 1.91. The lowest BCUT2D eigenvalue weighted by Crippen LogP contribution is -2.13. The Bertz CT molecular complexity index is 1110. The molecule has 0 saturated heterocycles. The normalized spacial score (nSPS) is 11.6. The number of rotatable bonds is 8. The van der Waals surface area contributed by atoms with Crippen molar-refractivity contribution in [2.24, 2.45) is 0 Å². The number of nitrogens with zero attached hydrogens (tertiary/aromatic N) is 1. The molecule has 1 amide bonds. The van der Waals surface area contributed by atoms with Crippen LogP contribution in [0.1, 0.15) is 16.0 Å². The number of hydrogen-bond donors (Lipinski definition) is 3. The molecular weight excluding hydrogens is 408 g/mol. The smallest absolute Gasteiger partial charge is 0.257 e. The van der Waals surface area contributed by atoms with Crippen LogP contribution in [-0.4, -0.2) is 27.7 Å². The standard InChI is InChI=1S/C25H24N2O3S/c1-17-8-11-19(12-9-17)16-22-23(20-6-4-3-5-7-20)26-25(31-22)27-24(30)21(14-15-28)13-10-18(2)29/h3-14,28-29H,2,15-16H2,1H3,(H,26,27,30)/b13-10-,21-14+. The zero-order valence-electron chi connectivity index (χ0n) is 17.2. The van der Waals surface area contributed by atoms with E-state index >= 15 is 0 Å². The number of aryl methyl sites for hydroxylation is 1. The Morgan fingerprint density at radius 2 is 1.84 bits per heavy atom. The van der Waals surface area contributed by atoms with Crippen LogP contribution in [0.5, 0.6) is 0 Å². The third kappa shape index (κ3) is 6.25. The first-order valence-corrected chi connectivity index (χ1v) is 10.6. The molecule has 0 atom stereocenters. The molecule has 1 heterocycles. The number of thiazole rings is 1. The van der Waals surface area contributed by atoms with E-state index in [-0.39, 0.29) is 17.9 Å². The number of benzene rings is 2. The first-order valence-electron chi connectivity index (χ1n) is 9.75. The molecule has 31 heavy (non-hydrogen) atoms. The number of carbonyl (C=O) groups excluding carboxylic acids is 1. The second kappa shape index (κ2) is 10.5. The topological polar surface area (TPSA) is 82.5 Å². The van der Waals surface area contributed by atoms with E-state index in [0.717, 1.165) is 21.7 Å². The lowest BCUT2D eigenvalue weighted by atomic mass is 10.1. The van der Waals surface area contributed by atoms with Gasteiger partial charge in [0, 0.05) is 22.4 Å². The molecule has 0 unspecified atom stereocenters. The van der Waals surface area contributed by atoms with E-state index in [2.05, 4.69) is 48.1 Å². The Morgan fingerprint density at radius 1 is 1.13 bits per heavy atom. The van der Waals surface area contributed by atoms with Crippen LogP contribution in [0.15, 0.2) is 90.7 Å². The molecule has 0 spiro atoms. The molecule has 0 saturated carbocycles. The van der Waals surface area contributed by atoms with Crippen molar-refractivity contribution in [3.63, 3.8) is 0 Å². The predicted octanol–water partition coefficient (Wildman–Crippen LogP) is 5.19. The average molecular weight is 433 g/mol.